The Morgan fingerprint density at radius 3 is 2.14 bits per heavy atom. The second-order valence-corrected chi connectivity index (χ2v) is 7.40. The molecule has 1 heterocycles. The number of halogens is 1. The minimum atomic E-state index is -1.38. The van der Waals surface area contributed by atoms with Crippen molar-refractivity contribution in [2.24, 2.45) is 0 Å². The predicted molar refractivity (Wildman–Crippen MR) is 81.2 cm³/mol. The summed E-state index contributed by atoms with van der Waals surface area (Å²) in [6.07, 6.45) is -0.428. The molecule has 1 saturated heterocycles. The van der Waals surface area contributed by atoms with Crippen LogP contribution in [-0.2, 0) is 14.3 Å². The van der Waals surface area contributed by atoms with Crippen LogP contribution in [-0.4, -0.2) is 47.4 Å². The van der Waals surface area contributed by atoms with E-state index in [1.54, 1.807) is 41.5 Å². The van der Waals surface area contributed by atoms with Crippen molar-refractivity contribution in [1.29, 1.82) is 0 Å². The fraction of sp³-hybridized carbons (Fsp3) is 0.750. The lowest BCUT2D eigenvalue weighted by molar-refractivity contribution is -0.148. The lowest BCUT2D eigenvalue weighted by Crippen LogP contribution is -2.44. The van der Waals surface area contributed by atoms with Gasteiger partial charge in [-0.2, -0.15) is 0 Å². The molecule has 0 radical (unpaired) electrons. The lowest BCUT2D eigenvalue weighted by Gasteiger charge is -2.32. The number of rotatable bonds is 1. The Bertz CT molecular complexity index is 460. The van der Waals surface area contributed by atoms with Gasteiger partial charge in [0.05, 0.1) is 6.54 Å². The van der Waals surface area contributed by atoms with Crippen molar-refractivity contribution in [3.8, 4) is 0 Å². The number of amides is 1. The van der Waals surface area contributed by atoms with Crippen LogP contribution >= 0.6 is 0 Å². The van der Waals surface area contributed by atoms with E-state index in [9.17, 15) is 14.0 Å². The molecule has 22 heavy (non-hydrogen) atoms. The smallest absolute Gasteiger partial charge is 0.410 e. The average molecular weight is 315 g/mol. The van der Waals surface area contributed by atoms with Crippen LogP contribution in [0.3, 0.4) is 0 Å². The molecule has 0 aromatic rings. The van der Waals surface area contributed by atoms with Gasteiger partial charge in [0, 0.05) is 12.6 Å². The Morgan fingerprint density at radius 2 is 1.68 bits per heavy atom. The summed E-state index contributed by atoms with van der Waals surface area (Å²) in [4.78, 5) is 24.9. The molecule has 0 aromatic carbocycles. The SMILES string of the molecule is CC(C)(C)OC(=O)/C=C1\CCN(C(=O)OC(C)(C)C)CC1F. The van der Waals surface area contributed by atoms with Crippen molar-refractivity contribution < 1.29 is 23.5 Å². The summed E-state index contributed by atoms with van der Waals surface area (Å²) in [7, 11) is 0. The predicted octanol–water partition coefficient (Wildman–Crippen LogP) is 3.23. The maximum atomic E-state index is 14.2. The van der Waals surface area contributed by atoms with Gasteiger partial charge in [-0.05, 0) is 53.5 Å². The highest BCUT2D eigenvalue weighted by molar-refractivity contribution is 5.83. The number of esters is 1. The molecule has 5 nitrogen and oxygen atoms in total. The Balaban J connectivity index is 2.63. The molecule has 1 amide bonds. The van der Waals surface area contributed by atoms with Gasteiger partial charge in [0.25, 0.3) is 0 Å². The number of hydrogen-bond donors (Lipinski definition) is 0. The van der Waals surface area contributed by atoms with Gasteiger partial charge in [0.1, 0.15) is 17.4 Å². The Morgan fingerprint density at radius 1 is 1.14 bits per heavy atom. The molecule has 1 fully saturated rings. The van der Waals surface area contributed by atoms with Crippen molar-refractivity contribution in [3.63, 3.8) is 0 Å². The van der Waals surface area contributed by atoms with E-state index in [1.807, 2.05) is 0 Å². The standard InChI is InChI=1S/C16H26FNO4/c1-15(2,3)21-13(19)9-11-7-8-18(10-12(11)17)14(20)22-16(4,5)6/h9,12H,7-8,10H2,1-6H3/b11-9+. The maximum absolute atomic E-state index is 14.2. The lowest BCUT2D eigenvalue weighted by atomic mass is 10.0. The second kappa shape index (κ2) is 6.67. The van der Waals surface area contributed by atoms with Crippen LogP contribution in [0, 0.1) is 0 Å². The minimum absolute atomic E-state index is 0.108. The first kappa shape index (κ1) is 18.5. The van der Waals surface area contributed by atoms with E-state index in [-0.39, 0.29) is 6.54 Å². The summed E-state index contributed by atoms with van der Waals surface area (Å²) >= 11 is 0. The third kappa shape index (κ3) is 6.45. The quantitative estimate of drug-likeness (QED) is 0.550. The zero-order valence-electron chi connectivity index (χ0n) is 14.2. The summed E-state index contributed by atoms with van der Waals surface area (Å²) in [6.45, 7) is 10.7. The third-order valence-electron chi connectivity index (χ3n) is 2.82. The van der Waals surface area contributed by atoms with Gasteiger partial charge in [-0.25, -0.2) is 14.0 Å². The van der Waals surface area contributed by atoms with Crippen LogP contribution in [0.2, 0.25) is 0 Å². The van der Waals surface area contributed by atoms with Crippen molar-refractivity contribution >= 4 is 12.1 Å². The Kier molecular flexibility index (Phi) is 5.59. The number of piperidine rings is 1. The van der Waals surface area contributed by atoms with E-state index in [1.165, 1.54) is 11.0 Å². The first-order valence-corrected chi connectivity index (χ1v) is 7.43. The molecule has 0 N–H and O–H groups in total. The largest absolute Gasteiger partial charge is 0.457 e. The molecule has 1 rings (SSSR count). The highest BCUT2D eigenvalue weighted by Gasteiger charge is 2.30. The minimum Gasteiger partial charge on any atom is -0.457 e. The maximum Gasteiger partial charge on any atom is 0.410 e. The molecule has 0 saturated carbocycles. The summed E-state index contributed by atoms with van der Waals surface area (Å²) in [5, 5.41) is 0. The fourth-order valence-electron chi connectivity index (χ4n) is 1.96. The molecule has 1 unspecified atom stereocenters. The number of likely N-dealkylation sites (tertiary alicyclic amines) is 1. The first-order chi connectivity index (χ1) is 9.87. The van der Waals surface area contributed by atoms with Gasteiger partial charge in [-0.3, -0.25) is 0 Å². The summed E-state index contributed by atoms with van der Waals surface area (Å²) < 4.78 is 24.5. The normalized spacial score (nSPS) is 21.7. The molecule has 0 spiro atoms. The number of hydrogen-bond acceptors (Lipinski definition) is 4. The molecule has 0 aliphatic carbocycles. The van der Waals surface area contributed by atoms with E-state index in [0.717, 1.165) is 0 Å². The van der Waals surface area contributed by atoms with Gasteiger partial charge in [-0.1, -0.05) is 0 Å². The number of alkyl halides is 1. The number of carbonyl (C=O) groups excluding carboxylic acids is 2. The monoisotopic (exact) mass is 315 g/mol. The van der Waals surface area contributed by atoms with Crippen molar-refractivity contribution in [3.05, 3.63) is 11.6 Å². The van der Waals surface area contributed by atoms with Gasteiger partial charge >= 0.3 is 12.1 Å². The molecule has 1 atom stereocenters. The van der Waals surface area contributed by atoms with Gasteiger partial charge < -0.3 is 14.4 Å². The molecule has 1 aliphatic rings. The third-order valence-corrected chi connectivity index (χ3v) is 2.82. The van der Waals surface area contributed by atoms with Crippen LogP contribution < -0.4 is 0 Å². The van der Waals surface area contributed by atoms with E-state index in [2.05, 4.69) is 0 Å². The van der Waals surface area contributed by atoms with Gasteiger partial charge in [-0.15, -0.1) is 0 Å². The molecule has 0 bridgehead atoms. The van der Waals surface area contributed by atoms with Crippen LogP contribution in [0.25, 0.3) is 0 Å². The van der Waals surface area contributed by atoms with Crippen LogP contribution in [0.5, 0.6) is 0 Å². The zero-order valence-corrected chi connectivity index (χ0v) is 14.2. The number of nitrogens with zero attached hydrogens (tertiary/aromatic N) is 1. The zero-order chi connectivity index (χ0) is 17.1. The summed E-state index contributed by atoms with van der Waals surface area (Å²) in [5.74, 6) is -0.559. The van der Waals surface area contributed by atoms with Crippen molar-refractivity contribution in [1.82, 2.24) is 4.90 Å². The van der Waals surface area contributed by atoms with E-state index in [4.69, 9.17) is 9.47 Å². The average Bonchev–Trinajstić information content (AvgIpc) is 2.26. The highest BCUT2D eigenvalue weighted by atomic mass is 19.1. The van der Waals surface area contributed by atoms with Crippen LogP contribution in [0.15, 0.2) is 11.6 Å². The highest BCUT2D eigenvalue weighted by Crippen LogP contribution is 2.22. The number of carbonyl (C=O) groups is 2. The number of ether oxygens (including phenoxy) is 2. The topological polar surface area (TPSA) is 55.8 Å². The van der Waals surface area contributed by atoms with E-state index < -0.39 is 29.4 Å². The van der Waals surface area contributed by atoms with Gasteiger partial charge in [0.2, 0.25) is 0 Å². The molecule has 1 aliphatic heterocycles. The summed E-state index contributed by atoms with van der Waals surface area (Å²) in [5.41, 5.74) is -0.874. The van der Waals surface area contributed by atoms with Gasteiger partial charge in [0.15, 0.2) is 0 Å². The first-order valence-electron chi connectivity index (χ1n) is 7.43. The molecular formula is C16H26FNO4. The molecule has 126 valence electrons. The molecule has 0 aromatic heterocycles. The fourth-order valence-corrected chi connectivity index (χ4v) is 1.96. The van der Waals surface area contributed by atoms with Crippen molar-refractivity contribution in [2.45, 2.75) is 65.3 Å². The molecular weight excluding hydrogens is 289 g/mol. The van der Waals surface area contributed by atoms with Crippen molar-refractivity contribution in [2.75, 3.05) is 13.1 Å². The molecule has 6 heteroatoms. The van der Waals surface area contributed by atoms with Crippen LogP contribution in [0.1, 0.15) is 48.0 Å². The Labute approximate surface area is 131 Å². The Hall–Kier alpha value is -1.59. The van der Waals surface area contributed by atoms with E-state index >= 15 is 0 Å². The summed E-state index contributed by atoms with van der Waals surface area (Å²) in [6, 6.07) is 0. The second-order valence-electron chi connectivity index (χ2n) is 7.40. The van der Waals surface area contributed by atoms with Crippen LogP contribution in [0.4, 0.5) is 9.18 Å². The van der Waals surface area contributed by atoms with E-state index in [0.29, 0.717) is 18.5 Å².